The van der Waals surface area contributed by atoms with Crippen LogP contribution >= 0.6 is 0 Å². The Morgan fingerprint density at radius 2 is 1.92 bits per heavy atom. The SMILES string of the molecule is OCNc1cccc(CNC2=Nc3ccccc3NC23CCOCC3)c1. The minimum atomic E-state index is -0.201. The number of aliphatic imine (C=N–C) groups is 1. The topological polar surface area (TPSA) is 77.9 Å². The molecule has 136 valence electrons. The number of benzene rings is 2. The highest BCUT2D eigenvalue weighted by Crippen LogP contribution is 2.37. The smallest absolute Gasteiger partial charge is 0.129 e. The average molecular weight is 352 g/mol. The van der Waals surface area contributed by atoms with Crippen LogP contribution in [-0.2, 0) is 11.3 Å². The Morgan fingerprint density at radius 1 is 1.08 bits per heavy atom. The van der Waals surface area contributed by atoms with E-state index in [0.29, 0.717) is 6.54 Å². The van der Waals surface area contributed by atoms with Crippen molar-refractivity contribution in [2.24, 2.45) is 4.99 Å². The van der Waals surface area contributed by atoms with E-state index in [4.69, 9.17) is 14.8 Å². The molecule has 2 aliphatic heterocycles. The lowest BCUT2D eigenvalue weighted by atomic mass is 9.86. The van der Waals surface area contributed by atoms with Crippen LogP contribution in [0.3, 0.4) is 0 Å². The van der Waals surface area contributed by atoms with Crippen LogP contribution in [0.2, 0.25) is 0 Å². The molecule has 0 aliphatic carbocycles. The first-order chi connectivity index (χ1) is 12.8. The van der Waals surface area contributed by atoms with Crippen molar-refractivity contribution in [3.63, 3.8) is 0 Å². The van der Waals surface area contributed by atoms with Crippen molar-refractivity contribution in [2.75, 3.05) is 30.6 Å². The summed E-state index contributed by atoms with van der Waals surface area (Å²) in [4.78, 5) is 4.93. The fraction of sp³-hybridized carbons (Fsp3) is 0.350. The second-order valence-electron chi connectivity index (χ2n) is 6.69. The van der Waals surface area contributed by atoms with Crippen LogP contribution in [0.25, 0.3) is 0 Å². The summed E-state index contributed by atoms with van der Waals surface area (Å²) in [7, 11) is 0. The number of para-hydroxylation sites is 2. The van der Waals surface area contributed by atoms with E-state index in [2.05, 4.69) is 28.1 Å². The zero-order chi connectivity index (χ0) is 17.8. The number of rotatable bonds is 4. The summed E-state index contributed by atoms with van der Waals surface area (Å²) in [5, 5.41) is 19.2. The molecule has 26 heavy (non-hydrogen) atoms. The van der Waals surface area contributed by atoms with Gasteiger partial charge in [-0.2, -0.15) is 0 Å². The third kappa shape index (κ3) is 3.38. The normalized spacial score (nSPS) is 17.8. The zero-order valence-electron chi connectivity index (χ0n) is 14.7. The van der Waals surface area contributed by atoms with Crippen molar-refractivity contribution in [3.8, 4) is 0 Å². The molecular formula is C20H24N4O2. The lowest BCUT2D eigenvalue weighted by molar-refractivity contribution is 0.0771. The number of hydrogen-bond acceptors (Lipinski definition) is 6. The largest absolute Gasteiger partial charge is 0.381 e. The van der Waals surface area contributed by atoms with Gasteiger partial charge >= 0.3 is 0 Å². The number of nitrogens with zero attached hydrogens (tertiary/aromatic N) is 1. The third-order valence-corrected chi connectivity index (χ3v) is 4.98. The number of fused-ring (bicyclic) bond motifs is 1. The van der Waals surface area contributed by atoms with E-state index in [9.17, 15) is 0 Å². The Bertz CT molecular complexity index is 800. The molecule has 0 saturated carbocycles. The average Bonchev–Trinajstić information content (AvgIpc) is 2.68. The van der Waals surface area contributed by atoms with Crippen molar-refractivity contribution < 1.29 is 9.84 Å². The molecule has 0 radical (unpaired) electrons. The fourth-order valence-corrected chi connectivity index (χ4v) is 3.58. The number of hydrogen-bond donors (Lipinski definition) is 4. The number of anilines is 2. The quantitative estimate of drug-likeness (QED) is 0.637. The number of nitrogens with one attached hydrogen (secondary N) is 3. The molecule has 6 nitrogen and oxygen atoms in total. The highest BCUT2D eigenvalue weighted by Gasteiger charge is 2.40. The molecule has 4 rings (SSSR count). The maximum absolute atomic E-state index is 9.04. The van der Waals surface area contributed by atoms with E-state index < -0.39 is 0 Å². The summed E-state index contributed by atoms with van der Waals surface area (Å²) in [6.07, 6.45) is 1.78. The lowest BCUT2D eigenvalue weighted by Gasteiger charge is -2.42. The summed E-state index contributed by atoms with van der Waals surface area (Å²) < 4.78 is 5.58. The standard InChI is InChI=1S/C20H24N4O2/c25-14-22-16-5-3-4-15(12-16)13-21-19-20(8-10-26-11-9-20)24-18-7-2-1-6-17(18)23-19/h1-7,12,22,24-25H,8-11,13-14H2,(H,21,23). The van der Waals surface area contributed by atoms with Gasteiger partial charge in [0.25, 0.3) is 0 Å². The molecule has 2 aromatic rings. The van der Waals surface area contributed by atoms with E-state index >= 15 is 0 Å². The van der Waals surface area contributed by atoms with Crippen molar-refractivity contribution in [2.45, 2.75) is 24.9 Å². The van der Waals surface area contributed by atoms with Gasteiger partial charge in [-0.1, -0.05) is 24.3 Å². The first-order valence-corrected chi connectivity index (χ1v) is 9.01. The summed E-state index contributed by atoms with van der Waals surface area (Å²) in [5.74, 6) is 0.972. The van der Waals surface area contributed by atoms with Crippen molar-refractivity contribution in [1.29, 1.82) is 0 Å². The monoisotopic (exact) mass is 352 g/mol. The van der Waals surface area contributed by atoms with Gasteiger partial charge in [-0.15, -0.1) is 0 Å². The Hall–Kier alpha value is -2.57. The molecule has 0 unspecified atom stereocenters. The summed E-state index contributed by atoms with van der Waals surface area (Å²) >= 11 is 0. The van der Waals surface area contributed by atoms with Gasteiger partial charge in [-0.05, 0) is 29.8 Å². The van der Waals surface area contributed by atoms with E-state index in [0.717, 1.165) is 54.5 Å². The number of aliphatic hydroxyl groups is 1. The Balaban J connectivity index is 1.58. The van der Waals surface area contributed by atoms with E-state index in [1.165, 1.54) is 0 Å². The molecule has 1 fully saturated rings. The molecule has 0 aromatic heterocycles. The van der Waals surface area contributed by atoms with Gasteiger partial charge in [0.1, 0.15) is 12.6 Å². The van der Waals surface area contributed by atoms with Crippen LogP contribution < -0.4 is 16.0 Å². The molecule has 1 spiro atoms. The highest BCUT2D eigenvalue weighted by molar-refractivity contribution is 6.00. The Labute approximate surface area is 153 Å². The minimum absolute atomic E-state index is 0.0760. The second kappa shape index (κ2) is 7.35. The summed E-state index contributed by atoms with van der Waals surface area (Å²) in [6, 6.07) is 16.2. The predicted molar refractivity (Wildman–Crippen MR) is 104 cm³/mol. The zero-order valence-corrected chi connectivity index (χ0v) is 14.7. The van der Waals surface area contributed by atoms with E-state index in [1.54, 1.807) is 0 Å². The van der Waals surface area contributed by atoms with Crippen molar-refractivity contribution in [1.82, 2.24) is 5.32 Å². The van der Waals surface area contributed by atoms with Crippen LogP contribution in [0.1, 0.15) is 18.4 Å². The van der Waals surface area contributed by atoms with Crippen LogP contribution in [-0.4, -0.2) is 36.4 Å². The number of ether oxygens (including phenoxy) is 1. The third-order valence-electron chi connectivity index (χ3n) is 4.98. The van der Waals surface area contributed by atoms with Gasteiger partial charge in [0, 0.05) is 38.3 Å². The summed E-state index contributed by atoms with van der Waals surface area (Å²) in [5.41, 5.74) is 3.87. The number of amidine groups is 1. The van der Waals surface area contributed by atoms with Gasteiger partial charge in [0.2, 0.25) is 0 Å². The Kier molecular flexibility index (Phi) is 4.77. The van der Waals surface area contributed by atoms with Crippen LogP contribution in [0.4, 0.5) is 17.1 Å². The molecule has 0 amide bonds. The van der Waals surface area contributed by atoms with E-state index in [-0.39, 0.29) is 12.3 Å². The predicted octanol–water partition coefficient (Wildman–Crippen LogP) is 2.84. The number of aliphatic hydroxyl groups excluding tert-OH is 1. The van der Waals surface area contributed by atoms with Crippen molar-refractivity contribution >= 4 is 22.9 Å². The molecule has 2 heterocycles. The molecule has 0 atom stereocenters. The lowest BCUT2D eigenvalue weighted by Crippen LogP contribution is -2.56. The van der Waals surface area contributed by atoms with Gasteiger partial charge in [0.05, 0.1) is 16.9 Å². The second-order valence-corrected chi connectivity index (χ2v) is 6.69. The van der Waals surface area contributed by atoms with Gasteiger partial charge in [-0.25, -0.2) is 4.99 Å². The van der Waals surface area contributed by atoms with Crippen LogP contribution in [0, 0.1) is 0 Å². The summed E-state index contributed by atoms with van der Waals surface area (Å²) in [6.45, 7) is 2.05. The van der Waals surface area contributed by atoms with Crippen molar-refractivity contribution in [3.05, 3.63) is 54.1 Å². The fourth-order valence-electron chi connectivity index (χ4n) is 3.58. The van der Waals surface area contributed by atoms with Gasteiger partial charge in [-0.3, -0.25) is 0 Å². The minimum Gasteiger partial charge on any atom is -0.381 e. The first-order valence-electron chi connectivity index (χ1n) is 9.01. The van der Waals surface area contributed by atoms with Gasteiger partial charge < -0.3 is 25.8 Å². The molecule has 4 N–H and O–H groups in total. The highest BCUT2D eigenvalue weighted by atomic mass is 16.5. The molecule has 0 bridgehead atoms. The first kappa shape index (κ1) is 16.9. The molecule has 2 aliphatic rings. The molecular weight excluding hydrogens is 328 g/mol. The van der Waals surface area contributed by atoms with Gasteiger partial charge in [0.15, 0.2) is 0 Å². The maximum Gasteiger partial charge on any atom is 0.129 e. The van der Waals surface area contributed by atoms with E-state index in [1.807, 2.05) is 36.4 Å². The molecule has 2 aromatic carbocycles. The molecule has 6 heteroatoms. The maximum atomic E-state index is 9.04. The Morgan fingerprint density at radius 3 is 2.77 bits per heavy atom. The van der Waals surface area contributed by atoms with Crippen LogP contribution in [0.5, 0.6) is 0 Å². The molecule has 1 saturated heterocycles. The van der Waals surface area contributed by atoms with Crippen LogP contribution in [0.15, 0.2) is 53.5 Å².